The van der Waals surface area contributed by atoms with Gasteiger partial charge in [-0.1, -0.05) is 6.07 Å². The van der Waals surface area contributed by atoms with Crippen molar-refractivity contribution in [3.05, 3.63) is 23.8 Å². The molecule has 0 radical (unpaired) electrons. The zero-order chi connectivity index (χ0) is 12.6. The van der Waals surface area contributed by atoms with Crippen molar-refractivity contribution in [2.75, 3.05) is 0 Å². The Hall–Kier alpha value is -1.00. The molecule has 0 unspecified atom stereocenters. The predicted molar refractivity (Wildman–Crippen MR) is 53.6 cm³/mol. The maximum absolute atomic E-state index is 11.0. The number of aliphatic hydroxyl groups is 1. The largest absolute Gasteiger partial charge is 0.392 e. The van der Waals surface area contributed by atoms with Crippen LogP contribution in [0.4, 0.5) is 0 Å². The summed E-state index contributed by atoms with van der Waals surface area (Å²) in [6.45, 7) is -0.653. The van der Waals surface area contributed by atoms with Gasteiger partial charge >= 0.3 is 0 Å². The van der Waals surface area contributed by atoms with Gasteiger partial charge in [-0.05, 0) is 17.7 Å². The van der Waals surface area contributed by atoms with E-state index in [4.69, 9.17) is 14.8 Å². The van der Waals surface area contributed by atoms with Gasteiger partial charge in [0.1, 0.15) is 4.90 Å². The molecule has 16 heavy (non-hydrogen) atoms. The molecular formula is C7H9NO6S2. The van der Waals surface area contributed by atoms with Crippen LogP contribution in [-0.2, 0) is 26.7 Å². The van der Waals surface area contributed by atoms with Gasteiger partial charge in [0, 0.05) is 0 Å². The molecule has 1 aromatic carbocycles. The van der Waals surface area contributed by atoms with Crippen LogP contribution in [0.25, 0.3) is 0 Å². The average Bonchev–Trinajstić information content (AvgIpc) is 2.14. The number of primary sulfonamides is 1. The molecule has 0 aliphatic rings. The Labute approximate surface area is 92.3 Å². The highest BCUT2D eigenvalue weighted by Gasteiger charge is 2.18. The molecule has 0 aliphatic heterocycles. The Morgan fingerprint density at radius 2 is 1.75 bits per heavy atom. The minimum Gasteiger partial charge on any atom is -0.392 e. The first-order chi connectivity index (χ1) is 7.16. The zero-order valence-electron chi connectivity index (χ0n) is 7.86. The van der Waals surface area contributed by atoms with Crippen LogP contribution >= 0.6 is 0 Å². The van der Waals surface area contributed by atoms with E-state index in [0.717, 1.165) is 12.1 Å². The quantitative estimate of drug-likeness (QED) is 0.606. The fraction of sp³-hybridized carbons (Fsp3) is 0.143. The van der Waals surface area contributed by atoms with Crippen molar-refractivity contribution >= 4 is 20.1 Å². The summed E-state index contributed by atoms with van der Waals surface area (Å²) in [6.07, 6.45) is 0. The van der Waals surface area contributed by atoms with Crippen molar-refractivity contribution in [3.63, 3.8) is 0 Å². The SMILES string of the molecule is NS(=O)(=O)c1ccc(CO)c(S(=O)(=O)O)c1. The van der Waals surface area contributed by atoms with E-state index in [1.54, 1.807) is 0 Å². The van der Waals surface area contributed by atoms with E-state index in [1.807, 2.05) is 0 Å². The minimum atomic E-state index is -4.61. The molecule has 0 aliphatic carbocycles. The van der Waals surface area contributed by atoms with Crippen LogP contribution in [0.1, 0.15) is 5.56 Å². The third-order valence-electron chi connectivity index (χ3n) is 1.82. The Morgan fingerprint density at radius 1 is 1.19 bits per heavy atom. The van der Waals surface area contributed by atoms with Gasteiger partial charge in [0.25, 0.3) is 10.1 Å². The van der Waals surface area contributed by atoms with E-state index in [-0.39, 0.29) is 5.56 Å². The van der Waals surface area contributed by atoms with Crippen molar-refractivity contribution in [2.45, 2.75) is 16.4 Å². The summed E-state index contributed by atoms with van der Waals surface area (Å²) in [7, 11) is -8.68. The van der Waals surface area contributed by atoms with Crippen LogP contribution in [0.3, 0.4) is 0 Å². The van der Waals surface area contributed by atoms with Crippen molar-refractivity contribution in [2.24, 2.45) is 5.14 Å². The van der Waals surface area contributed by atoms with Crippen LogP contribution in [0.2, 0.25) is 0 Å². The normalized spacial score (nSPS) is 12.7. The van der Waals surface area contributed by atoms with Crippen molar-refractivity contribution in [3.8, 4) is 0 Å². The molecule has 0 saturated heterocycles. The molecule has 90 valence electrons. The lowest BCUT2D eigenvalue weighted by molar-refractivity contribution is 0.278. The summed E-state index contributed by atoms with van der Waals surface area (Å²) in [4.78, 5) is -1.14. The van der Waals surface area contributed by atoms with Gasteiger partial charge in [0.05, 0.1) is 11.5 Å². The molecule has 0 bridgehead atoms. The van der Waals surface area contributed by atoms with Crippen LogP contribution in [0.15, 0.2) is 28.0 Å². The van der Waals surface area contributed by atoms with Crippen LogP contribution in [-0.4, -0.2) is 26.5 Å². The summed E-state index contributed by atoms with van der Waals surface area (Å²) < 4.78 is 52.5. The minimum absolute atomic E-state index is 0.116. The van der Waals surface area contributed by atoms with E-state index in [0.29, 0.717) is 6.07 Å². The fourth-order valence-electron chi connectivity index (χ4n) is 1.08. The summed E-state index contributed by atoms with van der Waals surface area (Å²) in [6, 6.07) is 2.79. The monoisotopic (exact) mass is 267 g/mol. The Kier molecular flexibility index (Phi) is 3.35. The maximum Gasteiger partial charge on any atom is 0.294 e. The molecule has 1 aromatic rings. The number of hydrogen-bond donors (Lipinski definition) is 3. The average molecular weight is 267 g/mol. The van der Waals surface area contributed by atoms with Gasteiger partial charge in [-0.3, -0.25) is 4.55 Å². The zero-order valence-corrected chi connectivity index (χ0v) is 9.49. The molecule has 4 N–H and O–H groups in total. The number of aliphatic hydroxyl groups excluding tert-OH is 1. The van der Waals surface area contributed by atoms with E-state index in [2.05, 4.69) is 0 Å². The molecule has 0 spiro atoms. The summed E-state index contributed by atoms with van der Waals surface area (Å²) in [5.74, 6) is 0. The fourth-order valence-corrected chi connectivity index (χ4v) is 2.44. The molecular weight excluding hydrogens is 258 g/mol. The number of nitrogens with two attached hydrogens (primary N) is 1. The molecule has 0 fully saturated rings. The van der Waals surface area contributed by atoms with Gasteiger partial charge in [-0.25, -0.2) is 13.6 Å². The van der Waals surface area contributed by atoms with Crippen molar-refractivity contribution < 1.29 is 26.5 Å². The highest BCUT2D eigenvalue weighted by atomic mass is 32.2. The maximum atomic E-state index is 11.0. The third-order valence-corrected chi connectivity index (χ3v) is 3.66. The van der Waals surface area contributed by atoms with Crippen LogP contribution < -0.4 is 5.14 Å². The molecule has 7 nitrogen and oxygen atoms in total. The van der Waals surface area contributed by atoms with E-state index in [9.17, 15) is 16.8 Å². The lowest BCUT2D eigenvalue weighted by Crippen LogP contribution is -2.14. The second kappa shape index (κ2) is 4.11. The smallest absolute Gasteiger partial charge is 0.294 e. The predicted octanol–water partition coefficient (Wildman–Crippen LogP) is -0.927. The summed E-state index contributed by atoms with van der Waals surface area (Å²) in [5, 5.41) is 13.6. The lowest BCUT2D eigenvalue weighted by atomic mass is 10.2. The Bertz CT molecular complexity index is 604. The van der Waals surface area contributed by atoms with Gasteiger partial charge in [0.2, 0.25) is 10.0 Å². The van der Waals surface area contributed by atoms with E-state index >= 15 is 0 Å². The van der Waals surface area contributed by atoms with Crippen LogP contribution in [0.5, 0.6) is 0 Å². The highest BCUT2D eigenvalue weighted by molar-refractivity contribution is 7.89. The number of hydrogen-bond acceptors (Lipinski definition) is 5. The molecule has 0 heterocycles. The van der Waals surface area contributed by atoms with Gasteiger partial charge in [-0.2, -0.15) is 8.42 Å². The Balaban J connectivity index is 3.58. The van der Waals surface area contributed by atoms with Gasteiger partial charge in [0.15, 0.2) is 0 Å². The molecule has 9 heteroatoms. The first-order valence-electron chi connectivity index (χ1n) is 3.90. The van der Waals surface area contributed by atoms with Crippen LogP contribution in [0, 0.1) is 0 Å². The number of sulfonamides is 1. The lowest BCUT2D eigenvalue weighted by Gasteiger charge is -2.06. The summed E-state index contributed by atoms with van der Waals surface area (Å²) >= 11 is 0. The van der Waals surface area contributed by atoms with E-state index < -0.39 is 36.5 Å². The second-order valence-corrected chi connectivity index (χ2v) is 5.90. The first kappa shape index (κ1) is 13.1. The highest BCUT2D eigenvalue weighted by Crippen LogP contribution is 2.19. The molecule has 0 atom stereocenters. The molecule has 0 saturated carbocycles. The van der Waals surface area contributed by atoms with Crippen molar-refractivity contribution in [1.82, 2.24) is 0 Å². The molecule has 0 amide bonds. The van der Waals surface area contributed by atoms with Crippen molar-refractivity contribution in [1.29, 1.82) is 0 Å². The molecule has 1 rings (SSSR count). The van der Waals surface area contributed by atoms with Gasteiger partial charge < -0.3 is 5.11 Å². The third kappa shape index (κ3) is 2.77. The van der Waals surface area contributed by atoms with E-state index in [1.165, 1.54) is 0 Å². The van der Waals surface area contributed by atoms with Gasteiger partial charge in [-0.15, -0.1) is 0 Å². The number of benzene rings is 1. The first-order valence-corrected chi connectivity index (χ1v) is 6.89. The second-order valence-electron chi connectivity index (χ2n) is 2.95. The number of rotatable bonds is 3. The standard InChI is InChI=1S/C7H9NO6S2/c8-15(10,11)6-2-1-5(4-9)7(3-6)16(12,13)14/h1-3,9H,4H2,(H2,8,10,11)(H,12,13,14). The topological polar surface area (TPSA) is 135 Å². The summed E-state index contributed by atoms with van der Waals surface area (Å²) in [5.41, 5.74) is -0.116. The Morgan fingerprint density at radius 3 is 2.12 bits per heavy atom. The molecule has 0 aromatic heterocycles.